The van der Waals surface area contributed by atoms with Gasteiger partial charge in [-0.05, 0) is 24.3 Å². The van der Waals surface area contributed by atoms with Crippen molar-refractivity contribution in [2.24, 2.45) is 5.73 Å². The van der Waals surface area contributed by atoms with Gasteiger partial charge >= 0.3 is 0 Å². The van der Waals surface area contributed by atoms with Crippen molar-refractivity contribution >= 4 is 39.2 Å². The highest BCUT2D eigenvalue weighted by molar-refractivity contribution is 7.80. The molecule has 0 aliphatic rings. The molecule has 0 saturated heterocycles. The predicted molar refractivity (Wildman–Crippen MR) is 87.5 cm³/mol. The number of thiocarbonyl (C=S) groups is 1. The number of thiazole rings is 1. The van der Waals surface area contributed by atoms with Gasteiger partial charge in [-0.3, -0.25) is 4.40 Å². The Labute approximate surface area is 126 Å². The van der Waals surface area contributed by atoms with Crippen LogP contribution in [-0.2, 0) is 6.54 Å². The lowest BCUT2D eigenvalue weighted by molar-refractivity contribution is 0.896. The number of imidazole rings is 1. The molecule has 20 heavy (non-hydrogen) atoms. The van der Waals surface area contributed by atoms with Crippen LogP contribution in [-0.4, -0.2) is 21.4 Å². The molecule has 2 heterocycles. The molecule has 3 rings (SSSR count). The highest BCUT2D eigenvalue weighted by atomic mass is 32.1. The molecule has 0 atom stereocenters. The Bertz CT molecular complexity index is 713. The van der Waals surface area contributed by atoms with E-state index < -0.39 is 0 Å². The predicted octanol–water partition coefficient (Wildman–Crippen LogP) is 2.67. The van der Waals surface area contributed by atoms with E-state index in [2.05, 4.69) is 16.1 Å². The average molecular weight is 302 g/mol. The first kappa shape index (κ1) is 13.1. The number of anilines is 1. The van der Waals surface area contributed by atoms with Gasteiger partial charge in [-0.1, -0.05) is 12.2 Å². The van der Waals surface area contributed by atoms with E-state index in [1.165, 1.54) is 0 Å². The van der Waals surface area contributed by atoms with Crippen molar-refractivity contribution in [3.8, 4) is 0 Å². The summed E-state index contributed by atoms with van der Waals surface area (Å²) in [4.78, 5) is 8.18. The van der Waals surface area contributed by atoms with Crippen molar-refractivity contribution in [2.45, 2.75) is 6.54 Å². The van der Waals surface area contributed by atoms with Crippen molar-refractivity contribution in [3.63, 3.8) is 0 Å². The number of nitrogens with zero attached hydrogens (tertiary/aromatic N) is 3. The molecule has 0 fully saturated rings. The molecule has 0 spiro atoms. The fourth-order valence-electron chi connectivity index (χ4n) is 2.07. The minimum absolute atomic E-state index is 0.425. The molecule has 102 valence electrons. The Kier molecular flexibility index (Phi) is 3.42. The Hall–Kier alpha value is -1.92. The highest BCUT2D eigenvalue weighted by Gasteiger charge is 2.07. The van der Waals surface area contributed by atoms with E-state index in [0.29, 0.717) is 4.99 Å². The Morgan fingerprint density at radius 1 is 1.40 bits per heavy atom. The number of aromatic nitrogens is 2. The van der Waals surface area contributed by atoms with Gasteiger partial charge in [-0.2, -0.15) is 0 Å². The summed E-state index contributed by atoms with van der Waals surface area (Å²) in [6.07, 6.45) is 4.08. The van der Waals surface area contributed by atoms with Crippen LogP contribution in [0, 0.1) is 0 Å². The number of fused-ring (bicyclic) bond motifs is 1. The molecule has 0 aliphatic heterocycles. The third kappa shape index (κ3) is 2.52. The van der Waals surface area contributed by atoms with Crippen LogP contribution in [0.4, 0.5) is 5.69 Å². The molecule has 6 heteroatoms. The maximum atomic E-state index is 5.60. The maximum absolute atomic E-state index is 5.60. The van der Waals surface area contributed by atoms with Crippen LogP contribution < -0.4 is 10.6 Å². The quantitative estimate of drug-likeness (QED) is 0.753. The average Bonchev–Trinajstić information content (AvgIpc) is 2.99. The fourth-order valence-corrected chi connectivity index (χ4v) is 2.92. The van der Waals surface area contributed by atoms with Gasteiger partial charge in [0.2, 0.25) is 0 Å². The first-order chi connectivity index (χ1) is 9.63. The van der Waals surface area contributed by atoms with Crippen molar-refractivity contribution in [3.05, 3.63) is 53.3 Å². The first-order valence-electron chi connectivity index (χ1n) is 6.15. The molecular weight excluding hydrogens is 288 g/mol. The molecule has 0 aliphatic carbocycles. The number of hydrogen-bond acceptors (Lipinski definition) is 4. The van der Waals surface area contributed by atoms with Gasteiger partial charge in [0.25, 0.3) is 0 Å². The Morgan fingerprint density at radius 2 is 2.15 bits per heavy atom. The zero-order valence-electron chi connectivity index (χ0n) is 11.0. The van der Waals surface area contributed by atoms with E-state index >= 15 is 0 Å². The minimum atomic E-state index is 0.425. The van der Waals surface area contributed by atoms with Crippen LogP contribution in [0.15, 0.2) is 42.0 Å². The van der Waals surface area contributed by atoms with E-state index in [-0.39, 0.29) is 0 Å². The van der Waals surface area contributed by atoms with Crippen molar-refractivity contribution in [1.29, 1.82) is 0 Å². The fraction of sp³-hybridized carbons (Fsp3) is 0.143. The second kappa shape index (κ2) is 5.22. The summed E-state index contributed by atoms with van der Waals surface area (Å²) in [7, 11) is 2.04. The van der Waals surface area contributed by atoms with E-state index in [4.69, 9.17) is 18.0 Å². The summed E-state index contributed by atoms with van der Waals surface area (Å²) >= 11 is 6.60. The summed E-state index contributed by atoms with van der Waals surface area (Å²) in [6.45, 7) is 0.765. The van der Waals surface area contributed by atoms with Crippen LogP contribution in [0.3, 0.4) is 0 Å². The van der Waals surface area contributed by atoms with Crippen LogP contribution in [0.25, 0.3) is 4.96 Å². The molecule has 1 aromatic carbocycles. The van der Waals surface area contributed by atoms with E-state index in [1.54, 1.807) is 11.3 Å². The van der Waals surface area contributed by atoms with Gasteiger partial charge in [0.1, 0.15) is 4.99 Å². The Morgan fingerprint density at radius 3 is 2.80 bits per heavy atom. The van der Waals surface area contributed by atoms with E-state index in [9.17, 15) is 0 Å². The SMILES string of the molecule is CN(Cc1cn2ccsc2n1)c1ccc(C(N)=S)cc1. The molecular formula is C14H14N4S2. The van der Waals surface area contributed by atoms with Crippen molar-refractivity contribution < 1.29 is 0 Å². The zero-order chi connectivity index (χ0) is 14.1. The number of benzene rings is 1. The smallest absolute Gasteiger partial charge is 0.193 e. The van der Waals surface area contributed by atoms with Gasteiger partial charge in [0, 0.05) is 36.1 Å². The molecule has 0 radical (unpaired) electrons. The monoisotopic (exact) mass is 302 g/mol. The van der Waals surface area contributed by atoms with E-state index in [0.717, 1.165) is 28.5 Å². The summed E-state index contributed by atoms with van der Waals surface area (Å²) in [6, 6.07) is 7.93. The lowest BCUT2D eigenvalue weighted by Crippen LogP contribution is -2.17. The zero-order valence-corrected chi connectivity index (χ0v) is 12.6. The first-order valence-corrected chi connectivity index (χ1v) is 7.44. The second-order valence-corrected chi connectivity index (χ2v) is 5.91. The maximum Gasteiger partial charge on any atom is 0.193 e. The van der Waals surface area contributed by atoms with Gasteiger partial charge < -0.3 is 10.6 Å². The number of nitrogens with two attached hydrogens (primary N) is 1. The largest absolute Gasteiger partial charge is 0.389 e. The standard InChI is InChI=1S/C14H14N4S2/c1-17(12-4-2-10(3-5-12)13(15)19)8-11-9-18-6-7-20-14(18)16-11/h2-7,9H,8H2,1H3,(H2,15,19). The van der Waals surface area contributed by atoms with E-state index in [1.807, 2.05) is 47.3 Å². The lowest BCUT2D eigenvalue weighted by Gasteiger charge is -2.18. The summed E-state index contributed by atoms with van der Waals surface area (Å²) < 4.78 is 2.05. The van der Waals surface area contributed by atoms with Crippen molar-refractivity contribution in [1.82, 2.24) is 9.38 Å². The number of rotatable bonds is 4. The van der Waals surface area contributed by atoms with Gasteiger partial charge in [0.05, 0.1) is 12.2 Å². The molecule has 4 nitrogen and oxygen atoms in total. The molecule has 2 N–H and O–H groups in total. The summed E-state index contributed by atoms with van der Waals surface area (Å²) in [5.41, 5.74) is 8.66. The Balaban J connectivity index is 1.76. The summed E-state index contributed by atoms with van der Waals surface area (Å²) in [5, 5.41) is 2.03. The number of hydrogen-bond donors (Lipinski definition) is 1. The topological polar surface area (TPSA) is 46.6 Å². The molecule has 0 bridgehead atoms. The molecule has 0 amide bonds. The van der Waals surface area contributed by atoms with Crippen LogP contribution >= 0.6 is 23.6 Å². The molecule has 3 aromatic rings. The van der Waals surface area contributed by atoms with Gasteiger partial charge in [0.15, 0.2) is 4.96 Å². The third-order valence-electron chi connectivity index (χ3n) is 3.13. The molecule has 0 unspecified atom stereocenters. The lowest BCUT2D eigenvalue weighted by atomic mass is 10.2. The van der Waals surface area contributed by atoms with Crippen LogP contribution in [0.1, 0.15) is 11.3 Å². The normalized spacial score (nSPS) is 10.8. The summed E-state index contributed by atoms with van der Waals surface area (Å²) in [5.74, 6) is 0. The van der Waals surface area contributed by atoms with Crippen molar-refractivity contribution in [2.75, 3.05) is 11.9 Å². The molecule has 2 aromatic heterocycles. The van der Waals surface area contributed by atoms with Crippen LogP contribution in [0.2, 0.25) is 0 Å². The van der Waals surface area contributed by atoms with Crippen LogP contribution in [0.5, 0.6) is 0 Å². The highest BCUT2D eigenvalue weighted by Crippen LogP contribution is 2.18. The second-order valence-electron chi connectivity index (χ2n) is 4.59. The van der Waals surface area contributed by atoms with Gasteiger partial charge in [-0.15, -0.1) is 11.3 Å². The third-order valence-corrected chi connectivity index (χ3v) is 4.14. The minimum Gasteiger partial charge on any atom is -0.389 e. The van der Waals surface area contributed by atoms with Gasteiger partial charge in [-0.25, -0.2) is 4.98 Å². The molecule has 0 saturated carbocycles.